The maximum Gasteiger partial charge on any atom is 0.120 e. The second kappa shape index (κ2) is 7.03. The van der Waals surface area contributed by atoms with Gasteiger partial charge in [-0.05, 0) is 30.7 Å². The molecule has 0 atom stereocenters. The van der Waals surface area contributed by atoms with Crippen molar-refractivity contribution in [1.82, 2.24) is 5.32 Å². The van der Waals surface area contributed by atoms with E-state index >= 15 is 0 Å². The van der Waals surface area contributed by atoms with Gasteiger partial charge in [0.1, 0.15) is 5.76 Å². The predicted molar refractivity (Wildman–Crippen MR) is 79.3 cm³/mol. The first-order valence-corrected chi connectivity index (χ1v) is 6.66. The maximum atomic E-state index is 6.23. The molecular weight excluding hydrogens is 269 g/mol. The van der Waals surface area contributed by atoms with Gasteiger partial charge >= 0.3 is 0 Å². The molecule has 0 unspecified atom stereocenters. The molecule has 0 fully saturated rings. The molecule has 1 rings (SSSR count). The van der Waals surface area contributed by atoms with E-state index in [1.807, 2.05) is 6.07 Å². The first-order valence-electron chi connectivity index (χ1n) is 5.90. The van der Waals surface area contributed by atoms with Gasteiger partial charge in [-0.15, -0.1) is 0 Å². The van der Waals surface area contributed by atoms with Crippen molar-refractivity contribution >= 4 is 29.0 Å². The van der Waals surface area contributed by atoms with E-state index in [0.717, 1.165) is 24.1 Å². The molecule has 2 nitrogen and oxygen atoms in total. The molecule has 0 bridgehead atoms. The minimum absolute atomic E-state index is 0.465. The summed E-state index contributed by atoms with van der Waals surface area (Å²) in [5.74, 6) is 0.522. The number of methoxy groups -OCH3 is 1. The second-order valence-corrected chi connectivity index (χ2v) is 5.22. The molecule has 0 aliphatic heterocycles. The Bertz CT molecular complexity index is 430. The van der Waals surface area contributed by atoms with Gasteiger partial charge < -0.3 is 10.1 Å². The van der Waals surface area contributed by atoms with Gasteiger partial charge in [0.2, 0.25) is 0 Å². The van der Waals surface area contributed by atoms with Crippen LogP contribution in [0.25, 0.3) is 5.76 Å². The van der Waals surface area contributed by atoms with Crippen molar-refractivity contribution in [2.45, 2.75) is 26.3 Å². The Labute approximate surface area is 119 Å². The number of benzene rings is 1. The highest BCUT2D eigenvalue weighted by molar-refractivity contribution is 6.34. The van der Waals surface area contributed by atoms with Crippen molar-refractivity contribution in [3.8, 4) is 0 Å². The van der Waals surface area contributed by atoms with Crippen LogP contribution in [-0.4, -0.2) is 19.7 Å². The number of hydrogen-bond acceptors (Lipinski definition) is 2. The standard InChI is InChI=1S/C14H19Cl2NO/c1-9(2)17-6-5-11-7-14(16)12(8-13(11)15)10(3)18-4/h7-9,17H,3,5-6H2,1-2,4H3. The molecule has 0 amide bonds. The first-order chi connectivity index (χ1) is 8.45. The van der Waals surface area contributed by atoms with E-state index in [1.54, 1.807) is 13.2 Å². The van der Waals surface area contributed by atoms with Gasteiger partial charge in [0.15, 0.2) is 0 Å². The van der Waals surface area contributed by atoms with Crippen LogP contribution in [0.4, 0.5) is 0 Å². The lowest BCUT2D eigenvalue weighted by Crippen LogP contribution is -2.25. The summed E-state index contributed by atoms with van der Waals surface area (Å²) < 4.78 is 5.07. The monoisotopic (exact) mass is 287 g/mol. The molecule has 1 N–H and O–H groups in total. The van der Waals surface area contributed by atoms with Gasteiger partial charge in [0.05, 0.1) is 12.1 Å². The summed E-state index contributed by atoms with van der Waals surface area (Å²) in [4.78, 5) is 0. The fraction of sp³-hybridized carbons (Fsp3) is 0.429. The van der Waals surface area contributed by atoms with Gasteiger partial charge in [-0.1, -0.05) is 43.6 Å². The van der Waals surface area contributed by atoms with Crippen molar-refractivity contribution in [3.05, 3.63) is 39.9 Å². The Morgan fingerprint density at radius 1 is 1.33 bits per heavy atom. The van der Waals surface area contributed by atoms with E-state index in [4.69, 9.17) is 27.9 Å². The first kappa shape index (κ1) is 15.4. The number of halogens is 2. The molecule has 0 radical (unpaired) electrons. The summed E-state index contributed by atoms with van der Waals surface area (Å²) in [5.41, 5.74) is 1.77. The number of ether oxygens (including phenoxy) is 1. The molecule has 1 aromatic rings. The molecule has 0 aromatic heterocycles. The lowest BCUT2D eigenvalue weighted by Gasteiger charge is -2.12. The van der Waals surface area contributed by atoms with Gasteiger partial charge in [0.25, 0.3) is 0 Å². The van der Waals surface area contributed by atoms with Crippen LogP contribution in [0.5, 0.6) is 0 Å². The van der Waals surface area contributed by atoms with Gasteiger partial charge in [0, 0.05) is 16.6 Å². The Morgan fingerprint density at radius 3 is 2.56 bits per heavy atom. The van der Waals surface area contributed by atoms with E-state index in [-0.39, 0.29) is 0 Å². The Kier molecular flexibility index (Phi) is 6.00. The lowest BCUT2D eigenvalue weighted by atomic mass is 10.1. The molecule has 0 saturated heterocycles. The Hall–Kier alpha value is -0.700. The highest BCUT2D eigenvalue weighted by atomic mass is 35.5. The molecule has 0 saturated carbocycles. The molecule has 100 valence electrons. The fourth-order valence-corrected chi connectivity index (χ4v) is 2.15. The number of hydrogen-bond donors (Lipinski definition) is 1. The van der Waals surface area contributed by atoms with Crippen LogP contribution in [0.1, 0.15) is 25.0 Å². The van der Waals surface area contributed by atoms with E-state index in [1.165, 1.54) is 0 Å². The van der Waals surface area contributed by atoms with Crippen molar-refractivity contribution in [3.63, 3.8) is 0 Å². The largest absolute Gasteiger partial charge is 0.497 e. The normalized spacial score (nSPS) is 10.8. The van der Waals surface area contributed by atoms with Gasteiger partial charge in [-0.25, -0.2) is 0 Å². The molecule has 4 heteroatoms. The molecule has 1 aromatic carbocycles. The highest BCUT2D eigenvalue weighted by Crippen LogP contribution is 2.29. The predicted octanol–water partition coefficient (Wildman–Crippen LogP) is 4.15. The number of nitrogens with one attached hydrogen (secondary N) is 1. The van der Waals surface area contributed by atoms with Crippen molar-refractivity contribution in [2.24, 2.45) is 0 Å². The van der Waals surface area contributed by atoms with Crippen molar-refractivity contribution in [2.75, 3.05) is 13.7 Å². The fourth-order valence-electron chi connectivity index (χ4n) is 1.60. The topological polar surface area (TPSA) is 21.3 Å². The summed E-state index contributed by atoms with van der Waals surface area (Å²) in [7, 11) is 1.56. The molecule has 18 heavy (non-hydrogen) atoms. The van der Waals surface area contributed by atoms with Gasteiger partial charge in [-0.3, -0.25) is 0 Å². The minimum atomic E-state index is 0.465. The van der Waals surface area contributed by atoms with Crippen molar-refractivity contribution in [1.29, 1.82) is 0 Å². The molecular formula is C14H19Cl2NO. The SMILES string of the molecule is C=C(OC)c1cc(Cl)c(CCNC(C)C)cc1Cl. The zero-order valence-electron chi connectivity index (χ0n) is 11.0. The van der Waals surface area contributed by atoms with Crippen LogP contribution < -0.4 is 5.32 Å². The molecule has 0 spiro atoms. The van der Waals surface area contributed by atoms with Crippen LogP contribution in [-0.2, 0) is 11.2 Å². The Balaban J connectivity index is 2.83. The second-order valence-electron chi connectivity index (χ2n) is 4.41. The Morgan fingerprint density at radius 2 is 2.00 bits per heavy atom. The number of rotatable bonds is 6. The zero-order chi connectivity index (χ0) is 13.7. The van der Waals surface area contributed by atoms with E-state index in [2.05, 4.69) is 25.7 Å². The third kappa shape index (κ3) is 4.20. The maximum absolute atomic E-state index is 6.23. The van der Waals surface area contributed by atoms with Crippen LogP contribution >= 0.6 is 23.2 Å². The zero-order valence-corrected chi connectivity index (χ0v) is 12.5. The third-order valence-electron chi connectivity index (χ3n) is 2.63. The smallest absolute Gasteiger partial charge is 0.120 e. The summed E-state index contributed by atoms with van der Waals surface area (Å²) in [6.45, 7) is 8.88. The van der Waals surface area contributed by atoms with Crippen LogP contribution in [0.2, 0.25) is 10.0 Å². The molecule has 0 aliphatic carbocycles. The highest BCUT2D eigenvalue weighted by Gasteiger charge is 2.10. The lowest BCUT2D eigenvalue weighted by molar-refractivity contribution is 0.371. The van der Waals surface area contributed by atoms with Gasteiger partial charge in [-0.2, -0.15) is 0 Å². The average molecular weight is 288 g/mol. The minimum Gasteiger partial charge on any atom is -0.497 e. The average Bonchev–Trinajstić information content (AvgIpc) is 2.31. The molecule has 0 aliphatic rings. The van der Waals surface area contributed by atoms with Crippen LogP contribution in [0.15, 0.2) is 18.7 Å². The van der Waals surface area contributed by atoms with E-state index < -0.39 is 0 Å². The quantitative estimate of drug-likeness (QED) is 0.794. The van der Waals surface area contributed by atoms with E-state index in [9.17, 15) is 0 Å². The van der Waals surface area contributed by atoms with Crippen LogP contribution in [0.3, 0.4) is 0 Å². The molecule has 0 heterocycles. The van der Waals surface area contributed by atoms with Crippen LogP contribution in [0, 0.1) is 0 Å². The summed E-state index contributed by atoms with van der Waals surface area (Å²) in [6, 6.07) is 4.15. The van der Waals surface area contributed by atoms with Crippen molar-refractivity contribution < 1.29 is 4.74 Å². The summed E-state index contributed by atoms with van der Waals surface area (Å²) in [6.07, 6.45) is 0.844. The summed E-state index contributed by atoms with van der Waals surface area (Å²) in [5, 5.41) is 4.65. The van der Waals surface area contributed by atoms with E-state index in [0.29, 0.717) is 21.8 Å². The third-order valence-corrected chi connectivity index (χ3v) is 3.29. The summed E-state index contributed by atoms with van der Waals surface area (Å²) >= 11 is 12.4.